The molecule has 0 spiro atoms. The molecule has 13 saturated heterocycles. The normalized spacial score (nSPS) is 26.8. The Bertz CT molecular complexity index is 2190. The molecule has 5 saturated carbocycles. The first-order chi connectivity index (χ1) is 57.3. The third-order valence-electron chi connectivity index (χ3n) is 24.1. The summed E-state index contributed by atoms with van der Waals surface area (Å²) in [5.74, 6) is 4.10. The van der Waals surface area contributed by atoms with E-state index in [1.165, 1.54) is 385 Å². The van der Waals surface area contributed by atoms with Crippen LogP contribution in [-0.4, -0.2) is 219 Å². The van der Waals surface area contributed by atoms with Gasteiger partial charge in [0.05, 0.1) is 62.3 Å². The minimum absolute atomic E-state index is 0. The molecule has 0 aromatic carbocycles. The fourth-order valence-electron chi connectivity index (χ4n) is 16.6. The number of carbonyl (C=O) groups is 2. The Morgan fingerprint density at radius 1 is 0.331 bits per heavy atom. The summed E-state index contributed by atoms with van der Waals surface area (Å²) in [6.07, 6.45) is 102. The van der Waals surface area contributed by atoms with E-state index in [0.717, 1.165) is 123 Å². The number of carbonyl (C=O) groups excluding carboxylic acids is 2. The highest BCUT2D eigenvalue weighted by molar-refractivity contribution is 7.99. The number of nitrogens with zero attached hydrogens (tertiary/aromatic N) is 5. The number of thioether (sulfide) groups is 1. The smallest absolute Gasteiger partial charge is 0.305 e. The fraction of sp³-hybridized carbons (Fsp3) is 0.883. The van der Waals surface area contributed by atoms with Crippen LogP contribution in [0.1, 0.15) is 416 Å². The number of esters is 1. The third-order valence-corrected chi connectivity index (χ3v) is 27.1. The van der Waals surface area contributed by atoms with Crippen molar-refractivity contribution >= 4 is 46.0 Å². The first kappa shape index (κ1) is 118. The standard InChI is InChI=1S/C9H17N.C6H12N2.C6H12O2S.C6H10O.C6H6O.C6H10O.2C6H12.C6H10.C5H10O.2C5H10.C5H8.C4H7N.C4H6O2.C4H8O.C4H8S.C3H5NO.C2H4O.5CH4/c1-3-7-10-8-4-2-6-9(10)5-1;1-2-8-5-3-7(1)4-6-8;7-9(8)5-3-1-2-4-6-9;2*1-2-6-4-3-5(1)7-6;7-6-4-2-1-3-5-6;4*1-2-4-6-5-3-1;4*1-2-4-5-3-1;5-4-2-1-3-6-4;2*1-2-4-5-3-1;1-2-5-3-4-1;1-2-3-1;;;;;/h9H,1-8H2;1-6H2;1-6H2;5-6H,1-4H2;1-6H;1-5H2;2*1-6H2;1-2H,3-6H2;1-5H2;2*1-5H2;1-2H,3-5H2;3H,1-2,4H2;1-3H2;2*1-4H2;3H,1-2H2;1-2H2;5*1H4. The molecule has 18 heteroatoms. The van der Waals surface area contributed by atoms with Crippen LogP contribution in [0.4, 0.5) is 0 Å². The SMILES string of the molecule is C.C.C.C.C.C1=CC2C=CC1O2.C1=CCCC1.C1=CCCCC1.C1=NCCC1.C1=NCCO1.C1CC2CCC1O2.C1CCCC1.C1CCCC1.C1CCCCC1.C1CCCCC1.C1CCN2CCCCC2C1.C1CCOC1.C1CCOCC1.C1CCSC1.C1CN2CCN1CC2.C1CO1.O=C1CCCCC1.O=C1CCCO1.O=S1(=O)CCCCCC1. The van der Waals surface area contributed by atoms with Gasteiger partial charge in [-0.2, -0.15) is 11.8 Å². The predicted molar refractivity (Wildman–Crippen MR) is 525 cm³/mol. The molecule has 121 heavy (non-hydrogen) atoms. The lowest BCUT2D eigenvalue weighted by Crippen LogP contribution is -2.55. The summed E-state index contributed by atoms with van der Waals surface area (Å²) >= 11 is 2.07. The van der Waals surface area contributed by atoms with Crippen molar-refractivity contribution in [2.75, 3.05) is 141 Å². The fourth-order valence-corrected chi connectivity index (χ4v) is 19.1. The summed E-state index contributed by atoms with van der Waals surface area (Å²) < 4.78 is 56.1. The van der Waals surface area contributed by atoms with Crippen molar-refractivity contribution in [3.63, 3.8) is 0 Å². The molecule has 0 aromatic rings. The van der Waals surface area contributed by atoms with Gasteiger partial charge in [0.2, 0.25) is 0 Å². The monoisotopic (exact) mass is 1740 g/mol. The van der Waals surface area contributed by atoms with Crippen molar-refractivity contribution < 1.29 is 51.2 Å². The molecule has 0 N–H and O–H groups in total. The van der Waals surface area contributed by atoms with E-state index < -0.39 is 9.84 Å². The van der Waals surface area contributed by atoms with Gasteiger partial charge in [-0.3, -0.25) is 29.4 Å². The number of ketones is 1. The average molecular weight is 1750 g/mol. The first-order valence-electron chi connectivity index (χ1n) is 49.2. The van der Waals surface area contributed by atoms with Crippen LogP contribution in [0.5, 0.6) is 0 Å². The molecule has 0 atom stereocenters. The highest BCUT2D eigenvalue weighted by atomic mass is 32.2. The van der Waals surface area contributed by atoms with Gasteiger partial charge in [0.15, 0.2) is 6.40 Å². The molecule has 6 bridgehead atoms. The average Bonchev–Trinajstić information content (AvgIpc) is 1.78. The van der Waals surface area contributed by atoms with Gasteiger partial charge in [-0.25, -0.2) is 8.42 Å². The number of sulfone groups is 1. The van der Waals surface area contributed by atoms with Gasteiger partial charge in [0, 0.05) is 97.5 Å². The van der Waals surface area contributed by atoms with E-state index in [1.807, 2.05) is 6.21 Å². The summed E-state index contributed by atoms with van der Waals surface area (Å²) in [7, 11) is -2.62. The van der Waals surface area contributed by atoms with Crippen LogP contribution in [0.25, 0.3) is 0 Å². The lowest BCUT2D eigenvalue weighted by Gasteiger charge is -2.41. The number of aliphatic imine (C=N–C) groups is 2. The quantitative estimate of drug-likeness (QED) is 0.127. The molecule has 17 heterocycles. The number of hydrogen-bond acceptors (Lipinski definition) is 17. The van der Waals surface area contributed by atoms with Gasteiger partial charge in [-0.05, 0) is 217 Å². The van der Waals surface area contributed by atoms with E-state index in [9.17, 15) is 18.0 Å². The maximum atomic E-state index is 10.9. The van der Waals surface area contributed by atoms with E-state index in [1.54, 1.807) is 0 Å². The Kier molecular flexibility index (Phi) is 85.9. The zero-order chi connectivity index (χ0) is 81.7. The molecule has 16 nitrogen and oxygen atoms in total. The van der Waals surface area contributed by atoms with Crippen LogP contribution in [0.3, 0.4) is 0 Å². The Labute approximate surface area is 753 Å². The van der Waals surface area contributed by atoms with Gasteiger partial charge < -0.3 is 38.1 Å². The van der Waals surface area contributed by atoms with E-state index in [0.29, 0.717) is 54.7 Å². The molecule has 7 aliphatic carbocycles. The Morgan fingerprint density at radius 3 is 0.909 bits per heavy atom. The lowest BCUT2D eigenvalue weighted by atomic mass is 9.93. The van der Waals surface area contributed by atoms with E-state index >= 15 is 0 Å². The molecule has 712 valence electrons. The highest BCUT2D eigenvalue weighted by Gasteiger charge is 2.32. The molecule has 0 amide bonds. The number of piperazine rings is 3. The van der Waals surface area contributed by atoms with Crippen molar-refractivity contribution in [3.05, 3.63) is 48.6 Å². The number of allylic oxidation sites excluding steroid dienone is 4. The molecule has 24 aliphatic rings. The molecule has 0 unspecified atom stereocenters. The Morgan fingerprint density at radius 2 is 0.719 bits per heavy atom. The van der Waals surface area contributed by atoms with Crippen LogP contribution >= 0.6 is 11.8 Å². The molecular formula is C103H197N5O11S2. The number of rotatable bonds is 0. The highest BCUT2D eigenvalue weighted by Crippen LogP contribution is 2.34. The second-order valence-electron chi connectivity index (χ2n) is 34.7. The molecule has 0 aromatic heterocycles. The van der Waals surface area contributed by atoms with Crippen LogP contribution < -0.4 is 0 Å². The summed E-state index contributed by atoms with van der Waals surface area (Å²) in [5, 5.41) is 0. The number of piperidine rings is 2. The maximum absolute atomic E-state index is 10.9. The van der Waals surface area contributed by atoms with E-state index in [2.05, 4.69) is 99.3 Å². The number of hydrogen-bond donors (Lipinski definition) is 0. The van der Waals surface area contributed by atoms with Crippen molar-refractivity contribution in [1.82, 2.24) is 14.7 Å². The van der Waals surface area contributed by atoms with Gasteiger partial charge in [0.25, 0.3) is 0 Å². The second-order valence-corrected chi connectivity index (χ2v) is 38.2. The van der Waals surface area contributed by atoms with Crippen LogP contribution in [-0.2, 0) is 52.6 Å². The lowest BCUT2D eigenvalue weighted by molar-refractivity contribution is -0.138. The van der Waals surface area contributed by atoms with Gasteiger partial charge in [0.1, 0.15) is 22.2 Å². The third kappa shape index (κ3) is 74.8. The first-order valence-corrected chi connectivity index (χ1v) is 52.2. The molecule has 0 radical (unpaired) electrons. The van der Waals surface area contributed by atoms with Gasteiger partial charge >= 0.3 is 5.97 Å². The van der Waals surface area contributed by atoms with Crippen molar-refractivity contribution in [2.45, 2.75) is 446 Å². The minimum atomic E-state index is -2.62. The number of fused-ring (bicyclic) bond motifs is 8. The molecule has 18 fully saturated rings. The number of epoxide rings is 1. The number of cyclic esters (lactones) is 1. The van der Waals surface area contributed by atoms with Gasteiger partial charge in [-0.15, -0.1) is 0 Å². The van der Waals surface area contributed by atoms with Crippen LogP contribution in [0.15, 0.2) is 58.6 Å². The van der Waals surface area contributed by atoms with Crippen molar-refractivity contribution in [3.8, 4) is 0 Å². The molecule has 24 rings (SSSR count). The molecular weight excluding hydrogens is 1550 g/mol. The number of Topliss-reactive ketones (excluding diaryl/α,β-unsaturated/α-hetero) is 1. The zero-order valence-electron chi connectivity index (χ0n) is 74.5. The van der Waals surface area contributed by atoms with E-state index in [-0.39, 0.29) is 43.1 Å². The molecule has 17 aliphatic heterocycles. The Balaban J connectivity index is 0.00000126. The van der Waals surface area contributed by atoms with E-state index in [4.69, 9.17) is 18.9 Å². The predicted octanol–water partition coefficient (Wildman–Crippen LogP) is 26.7. The summed E-state index contributed by atoms with van der Waals surface area (Å²) in [5.41, 5.74) is 0. The largest absolute Gasteiger partial charge is 0.482 e. The van der Waals surface area contributed by atoms with Crippen molar-refractivity contribution in [2.24, 2.45) is 9.98 Å². The van der Waals surface area contributed by atoms with Crippen LogP contribution in [0, 0.1) is 0 Å². The topological polar surface area (TPSA) is 171 Å². The second kappa shape index (κ2) is 87.9. The van der Waals surface area contributed by atoms with Crippen molar-refractivity contribution in [1.29, 1.82) is 0 Å². The Hall–Kier alpha value is -2.78. The summed E-state index contributed by atoms with van der Waals surface area (Å²) in [4.78, 5) is 36.0. The maximum Gasteiger partial charge on any atom is 0.305 e. The number of ether oxygens (including phenoxy) is 7. The minimum Gasteiger partial charge on any atom is -0.482 e. The summed E-state index contributed by atoms with van der Waals surface area (Å²) in [6.45, 7) is 20.0. The zero-order valence-corrected chi connectivity index (χ0v) is 76.1. The van der Waals surface area contributed by atoms with Crippen LogP contribution in [0.2, 0.25) is 0 Å². The summed E-state index contributed by atoms with van der Waals surface area (Å²) in [6, 6.07) is 0.988. The van der Waals surface area contributed by atoms with Gasteiger partial charge in [-0.1, -0.05) is 259 Å².